The number of Topliss-reactive ketones (excluding diaryl/α,β-unsaturated/α-hetero) is 1. The van der Waals surface area contributed by atoms with Crippen LogP contribution in [0.15, 0.2) is 29.2 Å². The van der Waals surface area contributed by atoms with Crippen LogP contribution >= 0.6 is 0 Å². The van der Waals surface area contributed by atoms with Crippen molar-refractivity contribution in [3.63, 3.8) is 0 Å². The van der Waals surface area contributed by atoms with E-state index in [2.05, 4.69) is 0 Å². The number of nitrogens with two attached hydrogens (primary N) is 1. The molecule has 1 aromatic carbocycles. The molecule has 0 heterocycles. The molecule has 0 aliphatic heterocycles. The van der Waals surface area contributed by atoms with Gasteiger partial charge in [0.2, 0.25) is 10.0 Å². The van der Waals surface area contributed by atoms with E-state index in [1.165, 1.54) is 24.3 Å². The van der Waals surface area contributed by atoms with Gasteiger partial charge in [-0.25, -0.2) is 13.6 Å². The van der Waals surface area contributed by atoms with E-state index < -0.39 is 15.4 Å². The summed E-state index contributed by atoms with van der Waals surface area (Å²) in [4.78, 5) is 11.9. The summed E-state index contributed by atoms with van der Waals surface area (Å²) in [5.41, 5.74) is 0.00299. The Morgan fingerprint density at radius 2 is 1.56 bits per heavy atom. The maximum atomic E-state index is 11.8. The van der Waals surface area contributed by atoms with Crippen LogP contribution in [0.1, 0.15) is 31.1 Å². The predicted molar refractivity (Wildman–Crippen MR) is 61.6 cm³/mol. The lowest BCUT2D eigenvalue weighted by atomic mass is 9.87. The highest BCUT2D eigenvalue weighted by molar-refractivity contribution is 7.89. The Kier molecular flexibility index (Phi) is 3.21. The summed E-state index contributed by atoms with van der Waals surface area (Å²) in [6.45, 7) is 5.43. The van der Waals surface area contributed by atoms with E-state index in [1.54, 1.807) is 0 Å². The van der Waals surface area contributed by atoms with Crippen LogP contribution in [0.2, 0.25) is 0 Å². The van der Waals surface area contributed by atoms with Gasteiger partial charge in [-0.1, -0.05) is 32.9 Å². The van der Waals surface area contributed by atoms with Gasteiger partial charge in [0.25, 0.3) is 0 Å². The molecule has 0 saturated heterocycles. The minimum Gasteiger partial charge on any atom is -0.294 e. The van der Waals surface area contributed by atoms with Crippen LogP contribution in [0.25, 0.3) is 0 Å². The van der Waals surface area contributed by atoms with E-state index in [0.29, 0.717) is 5.56 Å². The summed E-state index contributed by atoms with van der Waals surface area (Å²) in [6.07, 6.45) is 0. The van der Waals surface area contributed by atoms with Gasteiger partial charge in [-0.3, -0.25) is 4.79 Å². The van der Waals surface area contributed by atoms with Gasteiger partial charge in [0.15, 0.2) is 5.78 Å². The second-order valence-electron chi connectivity index (χ2n) is 4.65. The number of carbonyl (C=O) groups is 1. The molecule has 5 heteroatoms. The monoisotopic (exact) mass is 241 g/mol. The van der Waals surface area contributed by atoms with E-state index in [4.69, 9.17) is 5.14 Å². The van der Waals surface area contributed by atoms with Crippen LogP contribution in [0, 0.1) is 5.41 Å². The molecule has 0 bridgehead atoms. The van der Waals surface area contributed by atoms with E-state index in [9.17, 15) is 13.2 Å². The first-order valence-corrected chi connectivity index (χ1v) is 6.34. The zero-order chi connectivity index (χ0) is 12.6. The Bertz CT molecular complexity index is 495. The zero-order valence-electron chi connectivity index (χ0n) is 9.52. The zero-order valence-corrected chi connectivity index (χ0v) is 10.3. The number of rotatable bonds is 2. The van der Waals surface area contributed by atoms with Crippen molar-refractivity contribution in [3.8, 4) is 0 Å². The summed E-state index contributed by atoms with van der Waals surface area (Å²) < 4.78 is 22.0. The minimum atomic E-state index is -3.69. The fourth-order valence-electron chi connectivity index (χ4n) is 1.23. The molecule has 0 fully saturated rings. The number of hydrogen-bond acceptors (Lipinski definition) is 3. The number of sulfonamides is 1. The molecule has 0 atom stereocenters. The molecule has 2 N–H and O–H groups in total. The van der Waals surface area contributed by atoms with Crippen molar-refractivity contribution in [1.82, 2.24) is 0 Å². The number of primary sulfonamides is 1. The Morgan fingerprint density at radius 1 is 1.12 bits per heavy atom. The largest absolute Gasteiger partial charge is 0.294 e. The maximum Gasteiger partial charge on any atom is 0.238 e. The highest BCUT2D eigenvalue weighted by Gasteiger charge is 2.22. The highest BCUT2D eigenvalue weighted by Crippen LogP contribution is 2.21. The van der Waals surface area contributed by atoms with Gasteiger partial charge < -0.3 is 0 Å². The van der Waals surface area contributed by atoms with Crippen molar-refractivity contribution in [3.05, 3.63) is 29.8 Å². The van der Waals surface area contributed by atoms with Gasteiger partial charge in [0, 0.05) is 11.0 Å². The van der Waals surface area contributed by atoms with Gasteiger partial charge in [-0.05, 0) is 12.1 Å². The van der Waals surface area contributed by atoms with Crippen LogP contribution in [-0.2, 0) is 10.0 Å². The molecule has 0 radical (unpaired) electrons. The molecular weight excluding hydrogens is 226 g/mol. The number of carbonyl (C=O) groups excluding carboxylic acids is 1. The lowest BCUT2D eigenvalue weighted by Crippen LogP contribution is -2.20. The summed E-state index contributed by atoms with van der Waals surface area (Å²) >= 11 is 0. The van der Waals surface area contributed by atoms with Gasteiger partial charge in [-0.2, -0.15) is 0 Å². The second-order valence-corrected chi connectivity index (χ2v) is 6.21. The molecule has 0 amide bonds. The smallest absolute Gasteiger partial charge is 0.238 e. The first kappa shape index (κ1) is 12.9. The molecule has 0 aromatic heterocycles. The molecule has 16 heavy (non-hydrogen) atoms. The third-order valence-corrected chi connectivity index (χ3v) is 3.06. The predicted octanol–water partition coefficient (Wildman–Crippen LogP) is 1.56. The topological polar surface area (TPSA) is 77.2 Å². The Morgan fingerprint density at radius 3 is 1.88 bits per heavy atom. The molecular formula is C11H15NO3S. The SMILES string of the molecule is CC(C)(C)C(=O)c1ccc(S(N)(=O)=O)cc1. The fraction of sp³-hybridized carbons (Fsp3) is 0.364. The Balaban J connectivity index is 3.10. The summed E-state index contributed by atoms with van der Waals surface area (Å²) in [6, 6.07) is 5.64. The van der Waals surface area contributed by atoms with E-state index in [-0.39, 0.29) is 10.7 Å². The highest BCUT2D eigenvalue weighted by atomic mass is 32.2. The number of ketones is 1. The van der Waals surface area contributed by atoms with Crippen molar-refractivity contribution in [1.29, 1.82) is 0 Å². The lowest BCUT2D eigenvalue weighted by Gasteiger charge is -2.16. The number of benzene rings is 1. The Labute approximate surface area is 95.5 Å². The van der Waals surface area contributed by atoms with Crippen LogP contribution in [0.4, 0.5) is 0 Å². The lowest BCUT2D eigenvalue weighted by molar-refractivity contribution is 0.0858. The first-order valence-electron chi connectivity index (χ1n) is 4.80. The average Bonchev–Trinajstić information content (AvgIpc) is 2.14. The van der Waals surface area contributed by atoms with Crippen LogP contribution in [0.5, 0.6) is 0 Å². The average molecular weight is 241 g/mol. The van der Waals surface area contributed by atoms with Gasteiger partial charge in [-0.15, -0.1) is 0 Å². The van der Waals surface area contributed by atoms with Crippen molar-refractivity contribution < 1.29 is 13.2 Å². The van der Waals surface area contributed by atoms with Gasteiger partial charge >= 0.3 is 0 Å². The third-order valence-electron chi connectivity index (χ3n) is 2.13. The molecule has 88 valence electrons. The molecule has 4 nitrogen and oxygen atoms in total. The van der Waals surface area contributed by atoms with Crippen molar-refractivity contribution >= 4 is 15.8 Å². The second kappa shape index (κ2) is 3.99. The summed E-state index contributed by atoms with van der Waals surface area (Å²) in [5, 5.41) is 4.96. The molecule has 1 aromatic rings. The Hall–Kier alpha value is -1.20. The standard InChI is InChI=1S/C11H15NO3S/c1-11(2,3)10(13)8-4-6-9(7-5-8)16(12,14)15/h4-7H,1-3H3,(H2,12,14,15). The van der Waals surface area contributed by atoms with Crippen LogP contribution in [0.3, 0.4) is 0 Å². The number of hydrogen-bond donors (Lipinski definition) is 1. The van der Waals surface area contributed by atoms with Gasteiger partial charge in [0.05, 0.1) is 4.90 Å². The van der Waals surface area contributed by atoms with Crippen LogP contribution < -0.4 is 5.14 Å². The summed E-state index contributed by atoms with van der Waals surface area (Å²) in [7, 11) is -3.69. The summed E-state index contributed by atoms with van der Waals surface area (Å²) in [5.74, 6) is -0.0338. The minimum absolute atomic E-state index is 0.0120. The van der Waals surface area contributed by atoms with Gasteiger partial charge in [0.1, 0.15) is 0 Å². The molecule has 0 unspecified atom stereocenters. The molecule has 0 aliphatic carbocycles. The van der Waals surface area contributed by atoms with Crippen molar-refractivity contribution in [2.45, 2.75) is 25.7 Å². The molecule has 0 aliphatic rings. The van der Waals surface area contributed by atoms with Crippen molar-refractivity contribution in [2.24, 2.45) is 10.6 Å². The van der Waals surface area contributed by atoms with E-state index >= 15 is 0 Å². The first-order chi connectivity index (χ1) is 7.12. The third kappa shape index (κ3) is 2.90. The quantitative estimate of drug-likeness (QED) is 0.798. The maximum absolute atomic E-state index is 11.8. The van der Waals surface area contributed by atoms with Crippen LogP contribution in [-0.4, -0.2) is 14.2 Å². The van der Waals surface area contributed by atoms with E-state index in [1.807, 2.05) is 20.8 Å². The van der Waals surface area contributed by atoms with Crippen molar-refractivity contribution in [2.75, 3.05) is 0 Å². The van der Waals surface area contributed by atoms with E-state index in [0.717, 1.165) is 0 Å². The molecule has 0 spiro atoms. The normalized spacial score (nSPS) is 12.5. The fourth-order valence-corrected chi connectivity index (χ4v) is 1.74. The molecule has 0 saturated carbocycles. The molecule has 1 rings (SSSR count).